The number of carbonyl (C=O) groups excluding carboxylic acids is 1. The van der Waals surface area contributed by atoms with Crippen LogP contribution >= 0.6 is 0 Å². The Kier molecular flexibility index (Phi) is 7.75. The second-order valence-electron chi connectivity index (χ2n) is 8.24. The molecule has 1 saturated heterocycles. The molecule has 2 fully saturated rings. The fraction of sp³-hybridized carbons (Fsp3) is 0.652. The number of nitrogens with zero attached hydrogens (tertiary/aromatic N) is 2. The van der Waals surface area contributed by atoms with Crippen LogP contribution in [0.3, 0.4) is 0 Å². The van der Waals surface area contributed by atoms with Gasteiger partial charge in [-0.25, -0.2) is 0 Å². The average Bonchev–Trinajstić information content (AvgIpc) is 2.66. The van der Waals surface area contributed by atoms with Crippen LogP contribution in [0.4, 0.5) is 0 Å². The van der Waals surface area contributed by atoms with Crippen LogP contribution in [-0.2, 0) is 4.79 Å². The molecule has 154 valence electrons. The summed E-state index contributed by atoms with van der Waals surface area (Å²) in [6, 6.07) is 10.9. The van der Waals surface area contributed by atoms with Gasteiger partial charge in [-0.2, -0.15) is 0 Å². The first-order valence-corrected chi connectivity index (χ1v) is 11.0. The van der Waals surface area contributed by atoms with Crippen molar-refractivity contribution >= 4 is 11.9 Å². The Morgan fingerprint density at radius 1 is 1.18 bits per heavy atom. The third kappa shape index (κ3) is 5.49. The first-order chi connectivity index (χ1) is 13.7. The number of benzene rings is 1. The summed E-state index contributed by atoms with van der Waals surface area (Å²) >= 11 is 0. The van der Waals surface area contributed by atoms with Crippen molar-refractivity contribution in [1.29, 1.82) is 0 Å². The number of amides is 1. The van der Waals surface area contributed by atoms with Crippen molar-refractivity contribution in [2.24, 2.45) is 16.8 Å². The van der Waals surface area contributed by atoms with Gasteiger partial charge in [0.25, 0.3) is 0 Å². The van der Waals surface area contributed by atoms with Crippen molar-refractivity contribution < 1.29 is 4.79 Å². The lowest BCUT2D eigenvalue weighted by Crippen LogP contribution is -2.48. The largest absolute Gasteiger partial charge is 0.357 e. The topological polar surface area (TPSA) is 56.7 Å². The van der Waals surface area contributed by atoms with Gasteiger partial charge in [0.1, 0.15) is 0 Å². The highest BCUT2D eigenvalue weighted by Crippen LogP contribution is 2.32. The first kappa shape index (κ1) is 20.7. The van der Waals surface area contributed by atoms with Crippen LogP contribution in [0, 0.1) is 11.8 Å². The summed E-state index contributed by atoms with van der Waals surface area (Å²) in [4.78, 5) is 19.1. The highest BCUT2D eigenvalue weighted by atomic mass is 16.1. The van der Waals surface area contributed by atoms with E-state index in [-0.39, 0.29) is 11.8 Å². The van der Waals surface area contributed by atoms with Crippen molar-refractivity contribution in [2.45, 2.75) is 51.9 Å². The van der Waals surface area contributed by atoms with Gasteiger partial charge in [-0.1, -0.05) is 43.7 Å². The molecule has 0 aromatic heterocycles. The second kappa shape index (κ2) is 10.5. The summed E-state index contributed by atoms with van der Waals surface area (Å²) in [5.74, 6) is 2.75. The molecule has 0 spiro atoms. The maximum Gasteiger partial charge on any atom is 0.223 e. The van der Waals surface area contributed by atoms with E-state index >= 15 is 0 Å². The lowest BCUT2D eigenvalue weighted by Gasteiger charge is -2.39. The molecule has 1 aromatic carbocycles. The molecule has 1 heterocycles. The summed E-state index contributed by atoms with van der Waals surface area (Å²) in [5, 5.41) is 6.51. The molecule has 2 aliphatic rings. The quantitative estimate of drug-likeness (QED) is 0.430. The Hall–Kier alpha value is -2.04. The highest BCUT2D eigenvalue weighted by molar-refractivity contribution is 5.80. The van der Waals surface area contributed by atoms with Crippen molar-refractivity contribution in [3.05, 3.63) is 35.9 Å². The van der Waals surface area contributed by atoms with Gasteiger partial charge in [0.2, 0.25) is 5.91 Å². The van der Waals surface area contributed by atoms with E-state index in [0.29, 0.717) is 11.8 Å². The molecule has 2 N–H and O–H groups in total. The second-order valence-corrected chi connectivity index (χ2v) is 8.24. The van der Waals surface area contributed by atoms with Crippen molar-refractivity contribution in [1.82, 2.24) is 15.5 Å². The number of aliphatic imine (C=N–C) groups is 1. The van der Waals surface area contributed by atoms with Gasteiger partial charge in [0.05, 0.1) is 0 Å². The van der Waals surface area contributed by atoms with Crippen molar-refractivity contribution in [3.63, 3.8) is 0 Å². The molecule has 2 atom stereocenters. The molecule has 1 saturated carbocycles. The van der Waals surface area contributed by atoms with Gasteiger partial charge >= 0.3 is 0 Å². The summed E-state index contributed by atoms with van der Waals surface area (Å²) in [7, 11) is 0. The zero-order chi connectivity index (χ0) is 19.8. The lowest BCUT2D eigenvalue weighted by molar-refractivity contribution is -0.127. The number of guanidine groups is 1. The summed E-state index contributed by atoms with van der Waals surface area (Å²) in [6.07, 6.45) is 5.38. The van der Waals surface area contributed by atoms with E-state index in [2.05, 4.69) is 59.7 Å². The van der Waals surface area contributed by atoms with Gasteiger partial charge in [-0.3, -0.25) is 9.79 Å². The molecule has 2 unspecified atom stereocenters. The Balaban J connectivity index is 1.46. The number of hydrogen-bond acceptors (Lipinski definition) is 2. The smallest absolute Gasteiger partial charge is 0.223 e. The van der Waals surface area contributed by atoms with E-state index in [1.807, 2.05) is 0 Å². The molecule has 1 amide bonds. The number of rotatable bonds is 7. The minimum Gasteiger partial charge on any atom is -0.357 e. The zero-order valence-electron chi connectivity index (χ0n) is 17.5. The molecular weight excluding hydrogens is 348 g/mol. The molecule has 28 heavy (non-hydrogen) atoms. The first-order valence-electron chi connectivity index (χ1n) is 11.0. The Labute approximate surface area is 170 Å². The summed E-state index contributed by atoms with van der Waals surface area (Å²) in [5.41, 5.74) is 1.46. The molecule has 3 rings (SSSR count). The Morgan fingerprint density at radius 3 is 2.61 bits per heavy atom. The zero-order valence-corrected chi connectivity index (χ0v) is 17.5. The predicted octanol–water partition coefficient (Wildman–Crippen LogP) is 3.38. The number of hydrogen-bond donors (Lipinski definition) is 2. The van der Waals surface area contributed by atoms with E-state index in [1.54, 1.807) is 0 Å². The lowest BCUT2D eigenvalue weighted by atomic mass is 9.82. The van der Waals surface area contributed by atoms with E-state index in [9.17, 15) is 4.79 Å². The maximum absolute atomic E-state index is 11.9. The molecule has 0 bridgehead atoms. The standard InChI is InChI=1S/C23H36N4O/c1-3-24-23(26-15-8-14-25-22(28)20-11-7-12-20)27-16-13-21(18(2)17-27)19-9-5-4-6-10-19/h4-6,9-10,18,20-21H,3,7-8,11-17H2,1-2H3,(H,24,26)(H,25,28). The molecule has 5 nitrogen and oxygen atoms in total. The van der Waals surface area contributed by atoms with Gasteiger partial charge in [-0.05, 0) is 50.0 Å². The van der Waals surface area contributed by atoms with Crippen molar-refractivity contribution in [2.75, 3.05) is 32.7 Å². The minimum atomic E-state index is 0.235. The molecule has 0 radical (unpaired) electrons. The van der Waals surface area contributed by atoms with E-state index in [1.165, 1.54) is 12.0 Å². The van der Waals surface area contributed by atoms with Gasteiger partial charge in [0.15, 0.2) is 5.96 Å². The molecule has 5 heteroatoms. The van der Waals surface area contributed by atoms with Crippen molar-refractivity contribution in [3.8, 4) is 0 Å². The van der Waals surface area contributed by atoms with Crippen LogP contribution in [0.1, 0.15) is 57.4 Å². The summed E-state index contributed by atoms with van der Waals surface area (Å²) in [6.45, 7) is 8.89. The van der Waals surface area contributed by atoms with Gasteiger partial charge in [-0.15, -0.1) is 0 Å². The van der Waals surface area contributed by atoms with Crippen LogP contribution in [0.25, 0.3) is 0 Å². The number of likely N-dealkylation sites (tertiary alicyclic amines) is 1. The summed E-state index contributed by atoms with van der Waals surface area (Å²) < 4.78 is 0. The average molecular weight is 385 g/mol. The molecule has 1 aromatic rings. The normalized spacial score (nSPS) is 23.2. The predicted molar refractivity (Wildman–Crippen MR) is 115 cm³/mol. The Morgan fingerprint density at radius 2 is 1.96 bits per heavy atom. The van der Waals surface area contributed by atoms with Crippen LogP contribution in [0.15, 0.2) is 35.3 Å². The molecular formula is C23H36N4O. The van der Waals surface area contributed by atoms with Crippen LogP contribution in [0.2, 0.25) is 0 Å². The van der Waals surface area contributed by atoms with Crippen LogP contribution < -0.4 is 10.6 Å². The van der Waals surface area contributed by atoms with Gasteiger partial charge in [0, 0.05) is 38.6 Å². The Bertz CT molecular complexity index is 641. The highest BCUT2D eigenvalue weighted by Gasteiger charge is 2.28. The third-order valence-electron chi connectivity index (χ3n) is 6.14. The SMILES string of the molecule is CCNC(=NCCCNC(=O)C1CCC1)N1CCC(c2ccccc2)C(C)C1. The monoisotopic (exact) mass is 384 g/mol. The number of piperidine rings is 1. The van der Waals surface area contributed by atoms with E-state index < -0.39 is 0 Å². The maximum atomic E-state index is 11.9. The van der Waals surface area contributed by atoms with Gasteiger partial charge < -0.3 is 15.5 Å². The van der Waals surface area contributed by atoms with Crippen LogP contribution in [-0.4, -0.2) is 49.5 Å². The fourth-order valence-corrected chi connectivity index (χ4v) is 4.25. The third-order valence-corrected chi connectivity index (χ3v) is 6.14. The molecule has 1 aliphatic heterocycles. The minimum absolute atomic E-state index is 0.235. The molecule has 1 aliphatic carbocycles. The number of nitrogens with one attached hydrogen (secondary N) is 2. The van der Waals surface area contributed by atoms with E-state index in [4.69, 9.17) is 4.99 Å². The van der Waals surface area contributed by atoms with E-state index in [0.717, 1.165) is 64.4 Å². The van der Waals surface area contributed by atoms with Crippen LogP contribution in [0.5, 0.6) is 0 Å². The number of carbonyl (C=O) groups is 1. The fourth-order valence-electron chi connectivity index (χ4n) is 4.25.